The van der Waals surface area contributed by atoms with Crippen LogP contribution < -0.4 is 19.7 Å². The molecule has 12 rings (SSSR count). The Kier molecular flexibility index (Phi) is 15.9. The van der Waals surface area contributed by atoms with Gasteiger partial charge in [0.15, 0.2) is 11.5 Å². The van der Waals surface area contributed by atoms with Crippen LogP contribution in [0.4, 0.5) is 5.69 Å². The normalized spacial score (nSPS) is 22.9. The summed E-state index contributed by atoms with van der Waals surface area (Å²) < 4.78 is 20.7. The van der Waals surface area contributed by atoms with Gasteiger partial charge in [0, 0.05) is 97.6 Å². The van der Waals surface area contributed by atoms with E-state index in [9.17, 15) is 30.0 Å². The third-order valence-corrected chi connectivity index (χ3v) is 18.0. The number of esters is 1. The number of rotatable bonds is 11. The number of nitrogens with zero attached hydrogens (tertiary/aromatic N) is 2. The molecular weight excluding hydrogens is 1070 g/mol. The Morgan fingerprint density at radius 3 is 2.51 bits per heavy atom. The molecule has 0 unspecified atom stereocenters. The van der Waals surface area contributed by atoms with E-state index in [2.05, 4.69) is 86.8 Å². The second-order valence-corrected chi connectivity index (χ2v) is 23.5. The van der Waals surface area contributed by atoms with Crippen molar-refractivity contribution < 1.29 is 49.0 Å². The molecule has 0 fully saturated rings. The molecule has 7 aromatic rings. The average Bonchev–Trinajstić information content (AvgIpc) is 1.89. The topological polar surface area (TPSA) is 196 Å². The number of aromatic amines is 1. The summed E-state index contributed by atoms with van der Waals surface area (Å²) in [5.74, 6) is 0.283. The van der Waals surface area contributed by atoms with Crippen molar-refractivity contribution in [2.45, 2.75) is 108 Å². The molecule has 5 aromatic carbocycles. The first kappa shape index (κ1) is 56.5. The van der Waals surface area contributed by atoms with Crippen LogP contribution in [0, 0.1) is 11.3 Å². The van der Waals surface area contributed by atoms with Crippen molar-refractivity contribution in [2.24, 2.45) is 11.3 Å². The van der Waals surface area contributed by atoms with Crippen molar-refractivity contribution in [2.75, 3.05) is 25.1 Å². The number of aryl methyl sites for hydroxylation is 1. The number of H-pyrrole nitrogens is 1. The number of fused-ring (bicyclic) bond motifs is 5. The number of methoxy groups -OCH3 is 1. The molecule has 0 saturated heterocycles. The minimum atomic E-state index is -0.783. The number of benzene rings is 5. The second-order valence-electron chi connectivity index (χ2n) is 23.5. The number of nitrogens with one attached hydrogen (secondary N) is 2. The molecule has 14 nitrogen and oxygen atoms in total. The molecule has 7 atom stereocenters. The zero-order valence-corrected chi connectivity index (χ0v) is 48.2. The summed E-state index contributed by atoms with van der Waals surface area (Å²) in [6.45, 7) is 3.76. The maximum Gasteiger partial charge on any atom is 0.302 e. The second kappa shape index (κ2) is 23.9. The van der Waals surface area contributed by atoms with Crippen LogP contribution in [0.5, 0.6) is 34.5 Å². The lowest BCUT2D eigenvalue weighted by Gasteiger charge is -2.47. The number of hydrogen-bond donors (Lipinski definition) is 6. The van der Waals surface area contributed by atoms with Crippen molar-refractivity contribution in [3.05, 3.63) is 220 Å². The monoisotopic (exact) mass is 1140 g/mol. The molecule has 5 aliphatic rings. The smallest absolute Gasteiger partial charge is 0.302 e. The molecule has 4 bridgehead atoms. The number of hydrogen-bond acceptors (Lipinski definition) is 12. The summed E-state index contributed by atoms with van der Waals surface area (Å²) in [5.41, 5.74) is 8.53. The first-order chi connectivity index (χ1) is 41.2. The van der Waals surface area contributed by atoms with Crippen LogP contribution in [0.2, 0.25) is 0 Å². The Labute approximate surface area is 495 Å². The number of Topliss-reactive ketones (excluding diaryl/α,β-unsaturated/α-hetero) is 2. The fourth-order valence-corrected chi connectivity index (χ4v) is 14.1. The Hall–Kier alpha value is -9.01. The summed E-state index contributed by atoms with van der Waals surface area (Å²) >= 11 is 0. The van der Waals surface area contributed by atoms with Gasteiger partial charge in [0.05, 0.1) is 24.9 Å². The van der Waals surface area contributed by atoms with Gasteiger partial charge in [0.2, 0.25) is 5.75 Å². The molecule has 14 heteroatoms. The Morgan fingerprint density at radius 1 is 0.835 bits per heavy atom. The van der Waals surface area contributed by atoms with Gasteiger partial charge in [-0.3, -0.25) is 14.4 Å². The van der Waals surface area contributed by atoms with Crippen LogP contribution in [0.15, 0.2) is 176 Å². The number of ether oxygens (including phenoxy) is 3. The number of carbonyl (C=O) groups is 3. The number of carbonyl (C=O) groups excluding carboxylic acids is 3. The average molecular weight is 1140 g/mol. The van der Waals surface area contributed by atoms with Crippen LogP contribution in [0.3, 0.4) is 0 Å². The summed E-state index contributed by atoms with van der Waals surface area (Å²) in [7, 11) is 1.48. The summed E-state index contributed by atoms with van der Waals surface area (Å²) in [6.07, 6.45) is 26.3. The van der Waals surface area contributed by atoms with Crippen molar-refractivity contribution >= 4 is 34.0 Å². The lowest BCUT2D eigenvalue weighted by Crippen LogP contribution is -2.38. The fraction of sp³-hybridized carbons (Fsp3) is 0.310. The van der Waals surface area contributed by atoms with E-state index in [0.717, 1.165) is 73.3 Å². The van der Waals surface area contributed by atoms with Gasteiger partial charge in [0.1, 0.15) is 40.7 Å². The SMILES string of the molecule is COc1cc([C@H]2CC(=O)C[C@H](OC(C)=O)CC[C@]34C=CC=C[C@@H]3CC=C[C@@H]4c3c[nH]cc3C[C@H](c3cccc(O)c3)C3=CCNC(=C3)N(CCC(C)=O)c3ccc4c5c(n2cc35)CC[C@H]4O)cc(O)c1Oc1cc(O)cc(Cc2ccccc2)c1. The van der Waals surface area contributed by atoms with Gasteiger partial charge < -0.3 is 54.4 Å². The molecule has 4 heterocycles. The molecular formula is C71H72N4O10. The predicted molar refractivity (Wildman–Crippen MR) is 327 cm³/mol. The minimum Gasteiger partial charge on any atom is -0.508 e. The maximum absolute atomic E-state index is 15.3. The van der Waals surface area contributed by atoms with Gasteiger partial charge in [0.25, 0.3) is 0 Å². The number of aromatic nitrogens is 2. The van der Waals surface area contributed by atoms with Gasteiger partial charge in [-0.1, -0.05) is 91.1 Å². The van der Waals surface area contributed by atoms with Gasteiger partial charge in [-0.15, -0.1) is 0 Å². The minimum absolute atomic E-state index is 0.0121. The molecule has 2 aromatic heterocycles. The molecule has 0 amide bonds. The zero-order chi connectivity index (χ0) is 58.9. The Bertz CT molecular complexity index is 3870. The third kappa shape index (κ3) is 11.5. The number of phenolic OH excluding ortho intramolecular Hbond substituents is 3. The summed E-state index contributed by atoms with van der Waals surface area (Å²) in [5, 5.41) is 51.3. The highest BCUT2D eigenvalue weighted by molar-refractivity contribution is 6.00. The van der Waals surface area contributed by atoms with E-state index in [1.165, 1.54) is 20.1 Å². The molecule has 1 spiro atoms. The van der Waals surface area contributed by atoms with E-state index in [1.807, 2.05) is 60.8 Å². The van der Waals surface area contributed by atoms with E-state index >= 15 is 4.79 Å². The van der Waals surface area contributed by atoms with Crippen molar-refractivity contribution in [3.63, 3.8) is 0 Å². The first-order valence-electron chi connectivity index (χ1n) is 29.6. The van der Waals surface area contributed by atoms with Crippen LogP contribution >= 0.6 is 0 Å². The highest BCUT2D eigenvalue weighted by Crippen LogP contribution is 2.56. The third-order valence-electron chi connectivity index (χ3n) is 18.0. The summed E-state index contributed by atoms with van der Waals surface area (Å²) in [4.78, 5) is 47.3. The van der Waals surface area contributed by atoms with Gasteiger partial charge >= 0.3 is 5.97 Å². The van der Waals surface area contributed by atoms with Gasteiger partial charge in [-0.05, 0) is 151 Å². The van der Waals surface area contributed by atoms with E-state index in [0.29, 0.717) is 57.2 Å². The number of anilines is 1. The number of aromatic hydroxyl groups is 3. The molecule has 2 aliphatic heterocycles. The zero-order valence-electron chi connectivity index (χ0n) is 48.2. The molecule has 3 aliphatic carbocycles. The molecule has 0 saturated carbocycles. The summed E-state index contributed by atoms with van der Waals surface area (Å²) in [6, 6.07) is 28.8. The van der Waals surface area contributed by atoms with Crippen molar-refractivity contribution in [1.29, 1.82) is 0 Å². The maximum atomic E-state index is 15.3. The predicted octanol–water partition coefficient (Wildman–Crippen LogP) is 13.1. The Balaban J connectivity index is 1.03. The number of aliphatic hydroxyl groups excluding tert-OH is 1. The van der Waals surface area contributed by atoms with Gasteiger partial charge in [-0.25, -0.2) is 0 Å². The quantitative estimate of drug-likeness (QED) is 0.0531. The highest BCUT2D eigenvalue weighted by Gasteiger charge is 2.46. The molecule has 0 radical (unpaired) electrons. The first-order valence-corrected chi connectivity index (χ1v) is 29.6. The molecule has 436 valence electrons. The fourth-order valence-electron chi connectivity index (χ4n) is 14.1. The molecule has 6 N–H and O–H groups in total. The van der Waals surface area contributed by atoms with Crippen LogP contribution in [0.1, 0.15) is 127 Å². The highest BCUT2D eigenvalue weighted by atomic mass is 16.5. The lowest BCUT2D eigenvalue weighted by molar-refractivity contribution is -0.148. The standard InChI is InChI=1S/C71H72N4O10/c1-43(76)24-28-74-62-19-18-57-65(81)21-20-63-69(57)60(62)42-75(63)64(49-34-66(82)70(67(35-49)83-3)85-56-31-46(30-53(79)38-56)29-45-11-5-4-6-12-45)39-54(80)37-55(84-44(2)77)22-26-71-25-8-7-14-51(71)15-10-17-61(71)59-41-72-40-50(59)33-58(47-13-9-16-52(78)32-47)48-23-27-73-68(74)36-48/h4-14,16-19,23,25,30-32,34-36,38,40-42,51,55,58,61,64-65,72-73,78-79,81-82H,15,20-22,24,26-29,33,37,39H2,1-3H3/t51-,55-,58-,61-,64-,65-,71-/m1/s1. The number of aliphatic hydroxyl groups is 1. The van der Waals surface area contributed by atoms with Crippen LogP contribution in [0.25, 0.3) is 10.8 Å². The van der Waals surface area contributed by atoms with Crippen molar-refractivity contribution in [1.82, 2.24) is 14.9 Å². The lowest BCUT2D eigenvalue weighted by atomic mass is 9.57. The van der Waals surface area contributed by atoms with Crippen LogP contribution in [-0.2, 0) is 38.4 Å². The van der Waals surface area contributed by atoms with Crippen LogP contribution in [-0.4, -0.2) is 73.8 Å². The molecule has 85 heavy (non-hydrogen) atoms. The van der Waals surface area contributed by atoms with E-state index in [-0.39, 0.29) is 83.1 Å². The number of phenols is 3. The number of ketones is 2. The van der Waals surface area contributed by atoms with E-state index < -0.39 is 29.6 Å². The Morgan fingerprint density at radius 2 is 1.69 bits per heavy atom. The van der Waals surface area contributed by atoms with Crippen molar-refractivity contribution in [3.8, 4) is 34.5 Å². The van der Waals surface area contributed by atoms with Gasteiger partial charge in [-0.2, -0.15) is 0 Å². The van der Waals surface area contributed by atoms with E-state index in [4.69, 9.17) is 14.2 Å². The number of dihydropyridines is 1. The largest absolute Gasteiger partial charge is 0.508 e. The van der Waals surface area contributed by atoms with E-state index in [1.54, 1.807) is 37.3 Å². The number of allylic oxidation sites excluding steroid dienone is 8.